The van der Waals surface area contributed by atoms with Crippen molar-refractivity contribution >= 4 is 10.9 Å². The van der Waals surface area contributed by atoms with Crippen LogP contribution < -0.4 is 0 Å². The van der Waals surface area contributed by atoms with Gasteiger partial charge in [0, 0.05) is 29.7 Å². The van der Waals surface area contributed by atoms with Crippen LogP contribution >= 0.6 is 0 Å². The van der Waals surface area contributed by atoms with Crippen LogP contribution in [0.3, 0.4) is 0 Å². The summed E-state index contributed by atoms with van der Waals surface area (Å²) in [6.07, 6.45) is 2.08. The molecule has 1 saturated carbocycles. The molecule has 3 rings (SSSR count). The second-order valence-corrected chi connectivity index (χ2v) is 5.36. The lowest BCUT2D eigenvalue weighted by molar-refractivity contribution is 0.128. The molecule has 0 bridgehead atoms. The number of aromatic nitrogens is 1. The fraction of sp³-hybridized carbons (Fsp3) is 0.467. The maximum absolute atomic E-state index is 12.6. The molecule has 1 aromatic carbocycles. The topological polar surface area (TPSA) is 8.17 Å². The summed E-state index contributed by atoms with van der Waals surface area (Å²) in [5, 5.41) is 1.09. The third kappa shape index (κ3) is 2.63. The Kier molecular flexibility index (Phi) is 3.27. The van der Waals surface area contributed by atoms with Gasteiger partial charge < -0.3 is 4.57 Å². The van der Waals surface area contributed by atoms with Crippen LogP contribution in [0.1, 0.15) is 18.4 Å². The van der Waals surface area contributed by atoms with Gasteiger partial charge in [-0.05, 0) is 31.5 Å². The van der Waals surface area contributed by atoms with Gasteiger partial charge in [0.15, 0.2) is 0 Å². The second kappa shape index (κ2) is 4.93. The highest BCUT2D eigenvalue weighted by atomic mass is 19.3. The van der Waals surface area contributed by atoms with E-state index in [1.165, 1.54) is 12.8 Å². The first kappa shape index (κ1) is 12.6. The number of alkyl halides is 2. The van der Waals surface area contributed by atoms with Crippen LogP contribution in [-0.4, -0.2) is 29.0 Å². The van der Waals surface area contributed by atoms with E-state index in [9.17, 15) is 8.78 Å². The van der Waals surface area contributed by atoms with E-state index in [0.29, 0.717) is 6.04 Å². The highest BCUT2D eigenvalue weighted by Gasteiger charge is 2.26. The number of nitrogens with zero attached hydrogens (tertiary/aromatic N) is 2. The molecule has 0 saturated heterocycles. The molecule has 0 spiro atoms. The average molecular weight is 264 g/mol. The summed E-state index contributed by atoms with van der Waals surface area (Å²) >= 11 is 0. The summed E-state index contributed by atoms with van der Waals surface area (Å²) in [5.41, 5.74) is 2.05. The largest absolute Gasteiger partial charge is 0.341 e. The van der Waals surface area contributed by atoms with Gasteiger partial charge in [0.25, 0.3) is 6.43 Å². The fourth-order valence-electron chi connectivity index (χ4n) is 2.66. The Morgan fingerprint density at radius 1 is 1.32 bits per heavy atom. The van der Waals surface area contributed by atoms with Crippen LogP contribution in [0.2, 0.25) is 0 Å². The predicted octanol–water partition coefficient (Wildman–Crippen LogP) is 3.50. The van der Waals surface area contributed by atoms with Crippen LogP contribution in [0.15, 0.2) is 30.5 Å². The quantitative estimate of drug-likeness (QED) is 0.802. The summed E-state index contributed by atoms with van der Waals surface area (Å²) in [4.78, 5) is 2.31. The number of para-hydroxylation sites is 1. The molecule has 102 valence electrons. The second-order valence-electron chi connectivity index (χ2n) is 5.36. The molecule has 0 amide bonds. The minimum atomic E-state index is -2.31. The minimum Gasteiger partial charge on any atom is -0.341 e. The molecule has 1 aromatic heterocycles. The van der Waals surface area contributed by atoms with Crippen molar-refractivity contribution in [3.63, 3.8) is 0 Å². The summed E-state index contributed by atoms with van der Waals surface area (Å²) in [7, 11) is 2.11. The number of halogens is 2. The van der Waals surface area contributed by atoms with Crippen molar-refractivity contribution in [3.8, 4) is 0 Å². The number of benzene rings is 1. The molecule has 2 aromatic rings. The zero-order chi connectivity index (χ0) is 13.4. The molecule has 0 N–H and O–H groups in total. The lowest BCUT2D eigenvalue weighted by Gasteiger charge is -2.14. The molecule has 19 heavy (non-hydrogen) atoms. The van der Waals surface area contributed by atoms with E-state index in [1.54, 1.807) is 4.57 Å². The van der Waals surface area contributed by atoms with Gasteiger partial charge in [0.1, 0.15) is 0 Å². The van der Waals surface area contributed by atoms with Gasteiger partial charge >= 0.3 is 0 Å². The van der Waals surface area contributed by atoms with Crippen molar-refractivity contribution in [2.24, 2.45) is 0 Å². The third-order valence-electron chi connectivity index (χ3n) is 3.80. The number of hydrogen-bond acceptors (Lipinski definition) is 1. The zero-order valence-electron chi connectivity index (χ0n) is 11.0. The van der Waals surface area contributed by atoms with Crippen molar-refractivity contribution < 1.29 is 8.78 Å². The molecule has 1 aliphatic rings. The van der Waals surface area contributed by atoms with Crippen LogP contribution in [0.4, 0.5) is 8.78 Å². The Bertz CT molecular complexity index is 573. The van der Waals surface area contributed by atoms with Crippen LogP contribution in [0, 0.1) is 0 Å². The fourth-order valence-corrected chi connectivity index (χ4v) is 2.66. The Labute approximate surface area is 111 Å². The van der Waals surface area contributed by atoms with Crippen molar-refractivity contribution in [3.05, 3.63) is 36.0 Å². The number of fused-ring (bicyclic) bond motifs is 1. The molecule has 0 atom stereocenters. The molecule has 0 radical (unpaired) electrons. The van der Waals surface area contributed by atoms with E-state index in [4.69, 9.17) is 0 Å². The first-order valence-electron chi connectivity index (χ1n) is 6.70. The highest BCUT2D eigenvalue weighted by Crippen LogP contribution is 2.29. The first-order valence-corrected chi connectivity index (χ1v) is 6.70. The van der Waals surface area contributed by atoms with Gasteiger partial charge in [0.05, 0.1) is 6.54 Å². The SMILES string of the molecule is CN(Cc1cn(CC(F)F)c2ccccc12)C1CC1. The molecule has 1 aliphatic carbocycles. The van der Waals surface area contributed by atoms with E-state index in [2.05, 4.69) is 11.9 Å². The lowest BCUT2D eigenvalue weighted by atomic mass is 10.1. The Morgan fingerprint density at radius 2 is 2.05 bits per heavy atom. The van der Waals surface area contributed by atoms with E-state index in [1.807, 2.05) is 30.5 Å². The summed E-state index contributed by atoms with van der Waals surface area (Å²) in [6, 6.07) is 8.48. The van der Waals surface area contributed by atoms with Crippen molar-refractivity contribution in [1.29, 1.82) is 0 Å². The van der Waals surface area contributed by atoms with E-state index in [0.717, 1.165) is 23.0 Å². The lowest BCUT2D eigenvalue weighted by Crippen LogP contribution is -2.19. The summed E-state index contributed by atoms with van der Waals surface area (Å²) < 4.78 is 26.9. The first-order chi connectivity index (χ1) is 9.15. The Balaban J connectivity index is 1.94. The maximum Gasteiger partial charge on any atom is 0.256 e. The average Bonchev–Trinajstić information content (AvgIpc) is 3.16. The van der Waals surface area contributed by atoms with Crippen LogP contribution in [-0.2, 0) is 13.1 Å². The summed E-state index contributed by atoms with van der Waals surface area (Å²) in [5.74, 6) is 0. The maximum atomic E-state index is 12.6. The van der Waals surface area contributed by atoms with Gasteiger partial charge in [0.2, 0.25) is 0 Å². The van der Waals surface area contributed by atoms with Gasteiger partial charge in [-0.2, -0.15) is 0 Å². The molecule has 1 heterocycles. The standard InChI is InChI=1S/C15H18F2N2/c1-18(12-6-7-12)8-11-9-19(10-15(16)17)14-5-3-2-4-13(11)14/h2-5,9,12,15H,6-8,10H2,1H3. The van der Waals surface area contributed by atoms with Crippen molar-refractivity contribution in [2.45, 2.75) is 38.4 Å². The molecule has 1 fully saturated rings. The molecule has 2 nitrogen and oxygen atoms in total. The van der Waals surface area contributed by atoms with E-state index in [-0.39, 0.29) is 6.54 Å². The zero-order valence-corrected chi connectivity index (χ0v) is 11.0. The molecular weight excluding hydrogens is 246 g/mol. The number of rotatable bonds is 5. The smallest absolute Gasteiger partial charge is 0.256 e. The van der Waals surface area contributed by atoms with E-state index >= 15 is 0 Å². The van der Waals surface area contributed by atoms with Crippen LogP contribution in [0.5, 0.6) is 0 Å². The van der Waals surface area contributed by atoms with Gasteiger partial charge in [-0.1, -0.05) is 18.2 Å². The normalized spacial score (nSPS) is 15.8. The molecule has 4 heteroatoms. The molecule has 0 unspecified atom stereocenters. The van der Waals surface area contributed by atoms with Gasteiger partial charge in [-0.15, -0.1) is 0 Å². The third-order valence-corrected chi connectivity index (χ3v) is 3.80. The predicted molar refractivity (Wildman–Crippen MR) is 72.4 cm³/mol. The summed E-state index contributed by atoms with van der Waals surface area (Å²) in [6.45, 7) is 0.606. The molecule has 0 aliphatic heterocycles. The van der Waals surface area contributed by atoms with Gasteiger partial charge in [-0.3, -0.25) is 4.90 Å². The Hall–Kier alpha value is -1.42. The molecular formula is C15H18F2N2. The van der Waals surface area contributed by atoms with Gasteiger partial charge in [-0.25, -0.2) is 8.78 Å². The van der Waals surface area contributed by atoms with Crippen molar-refractivity contribution in [1.82, 2.24) is 9.47 Å². The Morgan fingerprint density at radius 3 is 2.74 bits per heavy atom. The minimum absolute atomic E-state index is 0.229. The number of hydrogen-bond donors (Lipinski definition) is 0. The highest BCUT2D eigenvalue weighted by molar-refractivity contribution is 5.83. The van der Waals surface area contributed by atoms with Crippen molar-refractivity contribution in [2.75, 3.05) is 7.05 Å². The van der Waals surface area contributed by atoms with E-state index < -0.39 is 6.43 Å². The van der Waals surface area contributed by atoms with Crippen LogP contribution in [0.25, 0.3) is 10.9 Å². The monoisotopic (exact) mass is 264 g/mol.